The van der Waals surface area contributed by atoms with Crippen molar-refractivity contribution in [1.29, 1.82) is 0 Å². The molecule has 1 aliphatic carbocycles. The van der Waals surface area contributed by atoms with Crippen molar-refractivity contribution in [3.8, 4) is 33.8 Å². The van der Waals surface area contributed by atoms with E-state index in [1.54, 1.807) is 0 Å². The van der Waals surface area contributed by atoms with Crippen LogP contribution in [-0.4, -0.2) is 0 Å². The molecule has 0 saturated carbocycles. The highest BCUT2D eigenvalue weighted by Crippen LogP contribution is 2.64. The molecule has 0 unspecified atom stereocenters. The van der Waals surface area contributed by atoms with Crippen LogP contribution in [0.5, 0.6) is 11.5 Å². The lowest BCUT2D eigenvalue weighted by Crippen LogP contribution is -2.32. The lowest BCUT2D eigenvalue weighted by molar-refractivity contribution is 0.447. The number of nitrogens with zero attached hydrogens (tertiary/aromatic N) is 1. The molecule has 2 nitrogen and oxygen atoms in total. The van der Waals surface area contributed by atoms with Gasteiger partial charge in [-0.1, -0.05) is 164 Å². The van der Waals surface area contributed by atoms with Crippen molar-refractivity contribution in [3.05, 3.63) is 235 Å². The Balaban J connectivity index is 1.07. The molecule has 2 heterocycles. The molecule has 10 aromatic carbocycles. The van der Waals surface area contributed by atoms with Crippen LogP contribution in [0.3, 0.4) is 0 Å². The minimum atomic E-state index is -0.599. The van der Waals surface area contributed by atoms with E-state index in [9.17, 15) is 0 Å². The van der Waals surface area contributed by atoms with E-state index in [0.717, 1.165) is 39.3 Å². The SMILES string of the molecule is c1ccc(-c2ccc(N(c3ccc4c(c3)-c3ccccc3C43c4ccc5ccccc5c4Oc4c3ccc3ccccc43)c3ccc4sc5ccccc5c4c3)cc2)cc1. The number of ether oxygens (including phenoxy) is 1. The minimum absolute atomic E-state index is 0.599. The molecule has 2 aliphatic rings. The van der Waals surface area contributed by atoms with Crippen LogP contribution in [0.25, 0.3) is 64.0 Å². The summed E-state index contributed by atoms with van der Waals surface area (Å²) < 4.78 is 9.79. The van der Waals surface area contributed by atoms with Crippen molar-refractivity contribution >= 4 is 70.1 Å². The van der Waals surface area contributed by atoms with Gasteiger partial charge in [-0.25, -0.2) is 0 Å². The summed E-state index contributed by atoms with van der Waals surface area (Å²) in [5.74, 6) is 1.86. The molecule has 0 fully saturated rings. The molecular formula is C57H35NOS. The number of hydrogen-bond acceptors (Lipinski definition) is 3. The number of hydrogen-bond donors (Lipinski definition) is 0. The van der Waals surface area contributed by atoms with Crippen molar-refractivity contribution in [1.82, 2.24) is 0 Å². The monoisotopic (exact) mass is 781 g/mol. The predicted octanol–water partition coefficient (Wildman–Crippen LogP) is 16.0. The lowest BCUT2D eigenvalue weighted by atomic mass is 9.65. The van der Waals surface area contributed by atoms with Gasteiger partial charge in [0.15, 0.2) is 0 Å². The van der Waals surface area contributed by atoms with Crippen molar-refractivity contribution in [2.45, 2.75) is 5.41 Å². The van der Waals surface area contributed by atoms with Crippen LogP contribution in [0, 0.1) is 0 Å². The van der Waals surface area contributed by atoms with E-state index in [-0.39, 0.29) is 0 Å². The molecule has 3 heteroatoms. The summed E-state index contributed by atoms with van der Waals surface area (Å²) in [6, 6.07) is 78.0. The fraction of sp³-hybridized carbons (Fsp3) is 0.0175. The first-order valence-corrected chi connectivity index (χ1v) is 21.4. The highest BCUT2D eigenvalue weighted by atomic mass is 32.1. The molecule has 0 saturated heterocycles. The van der Waals surface area contributed by atoms with Gasteiger partial charge >= 0.3 is 0 Å². The Bertz CT molecular complexity index is 3440. The molecule has 13 rings (SSSR count). The zero-order valence-corrected chi connectivity index (χ0v) is 33.3. The van der Waals surface area contributed by atoms with Gasteiger partial charge in [-0.3, -0.25) is 0 Å². The Labute approximate surface area is 351 Å². The first-order valence-electron chi connectivity index (χ1n) is 20.6. The fourth-order valence-corrected chi connectivity index (χ4v) is 11.4. The van der Waals surface area contributed by atoms with Crippen LogP contribution in [0.2, 0.25) is 0 Å². The van der Waals surface area contributed by atoms with Gasteiger partial charge in [-0.05, 0) is 92.7 Å². The van der Waals surface area contributed by atoms with Crippen LogP contribution >= 0.6 is 11.3 Å². The maximum atomic E-state index is 7.19. The molecule has 1 spiro atoms. The molecule has 11 aromatic rings. The molecule has 0 N–H and O–H groups in total. The smallest absolute Gasteiger partial charge is 0.140 e. The zero-order chi connectivity index (χ0) is 39.4. The second kappa shape index (κ2) is 12.8. The highest BCUT2D eigenvalue weighted by molar-refractivity contribution is 7.25. The first kappa shape index (κ1) is 33.5. The normalized spacial score (nSPS) is 13.3. The summed E-state index contributed by atoms with van der Waals surface area (Å²) in [4.78, 5) is 2.43. The van der Waals surface area contributed by atoms with E-state index >= 15 is 0 Å². The summed E-state index contributed by atoms with van der Waals surface area (Å²) >= 11 is 1.86. The number of benzene rings is 10. The third-order valence-corrected chi connectivity index (χ3v) is 14.1. The molecule has 280 valence electrons. The highest BCUT2D eigenvalue weighted by Gasteiger charge is 2.52. The summed E-state index contributed by atoms with van der Waals surface area (Å²) in [7, 11) is 0. The maximum absolute atomic E-state index is 7.19. The Morgan fingerprint density at radius 1 is 0.350 bits per heavy atom. The third kappa shape index (κ3) is 4.69. The molecule has 0 atom stereocenters. The summed E-state index contributed by atoms with van der Waals surface area (Å²) in [5, 5.41) is 7.15. The standard InChI is InChI=1S/C57H35NOS/c1-2-12-36(13-3-1)37-22-26-40(27-23-37)58(42-29-33-54-48(35-42)46-19-9-11-21-53(46)60-54)41-28-32-50-47(34-41)45-18-8-10-20-49(45)57(50)51-30-24-38-14-4-6-16-43(38)55(51)59-56-44-17-7-5-15-39(44)25-31-52(56)57/h1-35H. The van der Waals surface area contributed by atoms with Crippen LogP contribution in [0.15, 0.2) is 212 Å². The van der Waals surface area contributed by atoms with Crippen molar-refractivity contribution in [2.75, 3.05) is 4.90 Å². The second-order valence-electron chi connectivity index (χ2n) is 16.0. The Kier molecular flexibility index (Phi) is 7.13. The first-order chi connectivity index (χ1) is 29.7. The Morgan fingerprint density at radius 2 is 0.883 bits per heavy atom. The van der Waals surface area contributed by atoms with E-state index in [2.05, 4.69) is 217 Å². The molecule has 1 aromatic heterocycles. The van der Waals surface area contributed by atoms with E-state index in [4.69, 9.17) is 4.74 Å². The molecular weight excluding hydrogens is 747 g/mol. The van der Waals surface area contributed by atoms with Crippen LogP contribution in [0.1, 0.15) is 22.3 Å². The van der Waals surface area contributed by atoms with Gasteiger partial charge in [0, 0.05) is 59.1 Å². The molecule has 0 bridgehead atoms. The fourth-order valence-electron chi connectivity index (χ4n) is 10.3. The number of anilines is 3. The number of thiophene rings is 1. The van der Waals surface area contributed by atoms with E-state index in [0.29, 0.717) is 0 Å². The average molecular weight is 782 g/mol. The quantitative estimate of drug-likeness (QED) is 0.176. The van der Waals surface area contributed by atoms with E-state index < -0.39 is 5.41 Å². The van der Waals surface area contributed by atoms with Crippen molar-refractivity contribution in [3.63, 3.8) is 0 Å². The minimum Gasteiger partial charge on any atom is -0.455 e. The van der Waals surface area contributed by atoms with Gasteiger partial charge in [0.05, 0.1) is 5.41 Å². The average Bonchev–Trinajstić information content (AvgIpc) is 3.83. The van der Waals surface area contributed by atoms with Gasteiger partial charge in [0.2, 0.25) is 0 Å². The lowest BCUT2D eigenvalue weighted by Gasteiger charge is -2.40. The number of rotatable bonds is 4. The third-order valence-electron chi connectivity index (χ3n) is 12.9. The van der Waals surface area contributed by atoms with Crippen molar-refractivity contribution in [2.24, 2.45) is 0 Å². The molecule has 0 amide bonds. The predicted molar refractivity (Wildman–Crippen MR) is 252 cm³/mol. The van der Waals surface area contributed by atoms with Crippen LogP contribution in [0.4, 0.5) is 17.1 Å². The van der Waals surface area contributed by atoms with E-state index in [1.807, 2.05) is 11.3 Å². The van der Waals surface area contributed by atoms with Crippen LogP contribution < -0.4 is 9.64 Å². The van der Waals surface area contributed by atoms with Gasteiger partial charge in [-0.15, -0.1) is 11.3 Å². The van der Waals surface area contributed by atoms with Gasteiger partial charge in [0.1, 0.15) is 11.5 Å². The van der Waals surface area contributed by atoms with Gasteiger partial charge in [0.25, 0.3) is 0 Å². The van der Waals surface area contributed by atoms with Crippen molar-refractivity contribution < 1.29 is 4.74 Å². The Hall–Kier alpha value is -7.46. The second-order valence-corrected chi connectivity index (χ2v) is 17.1. The topological polar surface area (TPSA) is 12.5 Å². The summed E-state index contributed by atoms with van der Waals surface area (Å²) in [6.07, 6.45) is 0. The zero-order valence-electron chi connectivity index (χ0n) is 32.5. The molecule has 1 aliphatic heterocycles. The largest absolute Gasteiger partial charge is 0.455 e. The van der Waals surface area contributed by atoms with Crippen LogP contribution in [-0.2, 0) is 5.41 Å². The maximum Gasteiger partial charge on any atom is 0.140 e. The van der Waals surface area contributed by atoms with E-state index in [1.165, 1.54) is 75.5 Å². The summed E-state index contributed by atoms with van der Waals surface area (Å²) in [6.45, 7) is 0. The molecule has 0 radical (unpaired) electrons. The molecule has 60 heavy (non-hydrogen) atoms. The number of fused-ring (bicyclic) bond motifs is 16. The Morgan fingerprint density at radius 3 is 1.63 bits per heavy atom. The van der Waals surface area contributed by atoms with Gasteiger partial charge < -0.3 is 9.64 Å². The van der Waals surface area contributed by atoms with Gasteiger partial charge in [-0.2, -0.15) is 0 Å². The summed E-state index contributed by atoms with van der Waals surface area (Å²) in [5.41, 5.74) is 12.5.